The molecule has 0 unspecified atom stereocenters. The third-order valence-corrected chi connectivity index (χ3v) is 3.46. The van der Waals surface area contributed by atoms with Gasteiger partial charge in [0.1, 0.15) is 0 Å². The second-order valence-corrected chi connectivity index (χ2v) is 5.63. The molecular weight excluding hydrogens is 236 g/mol. The van der Waals surface area contributed by atoms with Gasteiger partial charge >= 0.3 is 12.0 Å². The van der Waals surface area contributed by atoms with Crippen LogP contribution in [0.3, 0.4) is 0 Å². The lowest BCUT2D eigenvalue weighted by Crippen LogP contribution is -2.51. The molecule has 0 aromatic carbocycles. The van der Waals surface area contributed by atoms with Crippen molar-refractivity contribution < 1.29 is 19.8 Å². The number of nitrogens with one attached hydrogen (secondary N) is 2. The fraction of sp³-hybridized carbons (Fsp3) is 0.833. The standard InChI is InChI=1S/C12H22N2O4/c1-12(2)5-3-8(4-6-12)13-11(18)14-9(7-15)10(16)17/h8-9,15H,3-7H2,1-2H3,(H,16,17)(H2,13,14,18)/t9-/m1/s1. The first kappa shape index (κ1) is 14.8. The van der Waals surface area contributed by atoms with E-state index in [1.807, 2.05) is 0 Å². The minimum Gasteiger partial charge on any atom is -0.480 e. The third kappa shape index (κ3) is 4.52. The highest BCUT2D eigenvalue weighted by Crippen LogP contribution is 2.34. The molecular formula is C12H22N2O4. The lowest BCUT2D eigenvalue weighted by molar-refractivity contribution is -0.140. The molecule has 0 radical (unpaired) electrons. The summed E-state index contributed by atoms with van der Waals surface area (Å²) in [4.78, 5) is 22.2. The Labute approximate surface area is 107 Å². The monoisotopic (exact) mass is 258 g/mol. The van der Waals surface area contributed by atoms with Crippen molar-refractivity contribution in [3.63, 3.8) is 0 Å². The van der Waals surface area contributed by atoms with Crippen molar-refractivity contribution in [1.82, 2.24) is 10.6 Å². The van der Waals surface area contributed by atoms with E-state index in [9.17, 15) is 9.59 Å². The minimum atomic E-state index is -1.25. The van der Waals surface area contributed by atoms with E-state index >= 15 is 0 Å². The SMILES string of the molecule is CC1(C)CCC(NC(=O)N[C@H](CO)C(=O)O)CC1. The Kier molecular flexibility index (Phi) is 4.95. The van der Waals surface area contributed by atoms with Gasteiger partial charge in [-0.25, -0.2) is 9.59 Å². The van der Waals surface area contributed by atoms with Crippen molar-refractivity contribution in [2.24, 2.45) is 5.41 Å². The highest BCUT2D eigenvalue weighted by molar-refractivity contribution is 5.82. The van der Waals surface area contributed by atoms with Crippen molar-refractivity contribution in [3.05, 3.63) is 0 Å². The van der Waals surface area contributed by atoms with E-state index in [1.165, 1.54) is 0 Å². The van der Waals surface area contributed by atoms with Crippen LogP contribution in [0.2, 0.25) is 0 Å². The number of amides is 2. The van der Waals surface area contributed by atoms with Gasteiger partial charge in [-0.2, -0.15) is 0 Å². The summed E-state index contributed by atoms with van der Waals surface area (Å²) in [6.45, 7) is 3.80. The molecule has 104 valence electrons. The van der Waals surface area contributed by atoms with Crippen LogP contribution in [-0.4, -0.2) is 40.9 Å². The molecule has 2 amide bonds. The maximum absolute atomic E-state index is 11.5. The fourth-order valence-corrected chi connectivity index (χ4v) is 2.11. The van der Waals surface area contributed by atoms with Crippen LogP contribution in [0.25, 0.3) is 0 Å². The zero-order valence-electron chi connectivity index (χ0n) is 10.9. The molecule has 1 atom stereocenters. The maximum atomic E-state index is 11.5. The summed E-state index contributed by atoms with van der Waals surface area (Å²) >= 11 is 0. The summed E-state index contributed by atoms with van der Waals surface area (Å²) in [5.74, 6) is -1.24. The van der Waals surface area contributed by atoms with Crippen molar-refractivity contribution in [2.75, 3.05) is 6.61 Å². The van der Waals surface area contributed by atoms with Gasteiger partial charge < -0.3 is 20.8 Å². The average molecular weight is 258 g/mol. The number of carboxylic acid groups (broad SMARTS) is 1. The van der Waals surface area contributed by atoms with Crippen molar-refractivity contribution in [1.29, 1.82) is 0 Å². The second kappa shape index (κ2) is 6.04. The van der Waals surface area contributed by atoms with E-state index in [0.29, 0.717) is 5.41 Å². The van der Waals surface area contributed by atoms with E-state index in [4.69, 9.17) is 10.2 Å². The van der Waals surface area contributed by atoms with Gasteiger partial charge in [0.2, 0.25) is 0 Å². The normalized spacial score (nSPS) is 21.1. The smallest absolute Gasteiger partial charge is 0.328 e. The molecule has 1 saturated carbocycles. The summed E-state index contributed by atoms with van der Waals surface area (Å²) in [5.41, 5.74) is 0.323. The lowest BCUT2D eigenvalue weighted by atomic mass is 9.76. The van der Waals surface area contributed by atoms with E-state index in [1.54, 1.807) is 0 Å². The first-order chi connectivity index (χ1) is 8.34. The van der Waals surface area contributed by atoms with Crippen LogP contribution in [0, 0.1) is 5.41 Å². The lowest BCUT2D eigenvalue weighted by Gasteiger charge is -2.34. The van der Waals surface area contributed by atoms with Gasteiger partial charge in [0.05, 0.1) is 6.61 Å². The number of hydrogen-bond donors (Lipinski definition) is 4. The van der Waals surface area contributed by atoms with Crippen LogP contribution in [0.15, 0.2) is 0 Å². The minimum absolute atomic E-state index is 0.0890. The second-order valence-electron chi connectivity index (χ2n) is 5.63. The molecule has 0 spiro atoms. The molecule has 1 fully saturated rings. The zero-order chi connectivity index (χ0) is 13.8. The number of carbonyl (C=O) groups is 2. The Morgan fingerprint density at radius 2 is 1.89 bits per heavy atom. The first-order valence-electron chi connectivity index (χ1n) is 6.25. The van der Waals surface area contributed by atoms with E-state index in [-0.39, 0.29) is 6.04 Å². The topological polar surface area (TPSA) is 98.7 Å². The zero-order valence-corrected chi connectivity index (χ0v) is 10.9. The Balaban J connectivity index is 2.35. The van der Waals surface area contributed by atoms with Crippen molar-refractivity contribution in [3.8, 4) is 0 Å². The highest BCUT2D eigenvalue weighted by atomic mass is 16.4. The summed E-state index contributed by atoms with van der Waals surface area (Å²) in [7, 11) is 0. The number of aliphatic carboxylic acids is 1. The predicted molar refractivity (Wildman–Crippen MR) is 66.2 cm³/mol. The van der Waals surface area contributed by atoms with Gasteiger partial charge in [0.15, 0.2) is 6.04 Å². The summed E-state index contributed by atoms with van der Waals surface area (Å²) < 4.78 is 0. The van der Waals surface area contributed by atoms with Gasteiger partial charge in [0.25, 0.3) is 0 Å². The maximum Gasteiger partial charge on any atom is 0.328 e. The Bertz CT molecular complexity index is 307. The quantitative estimate of drug-likeness (QED) is 0.596. The Morgan fingerprint density at radius 1 is 1.33 bits per heavy atom. The van der Waals surface area contributed by atoms with Crippen LogP contribution >= 0.6 is 0 Å². The van der Waals surface area contributed by atoms with E-state index in [2.05, 4.69) is 24.5 Å². The molecule has 0 saturated heterocycles. The van der Waals surface area contributed by atoms with Crippen molar-refractivity contribution >= 4 is 12.0 Å². The molecule has 6 nitrogen and oxygen atoms in total. The van der Waals surface area contributed by atoms with Gasteiger partial charge in [-0.1, -0.05) is 13.8 Å². The molecule has 0 aromatic heterocycles. The molecule has 1 rings (SSSR count). The number of carbonyl (C=O) groups excluding carboxylic acids is 1. The molecule has 4 N–H and O–H groups in total. The molecule has 0 aliphatic heterocycles. The highest BCUT2D eigenvalue weighted by Gasteiger charge is 2.28. The fourth-order valence-electron chi connectivity index (χ4n) is 2.11. The van der Waals surface area contributed by atoms with Crippen LogP contribution in [0.5, 0.6) is 0 Å². The van der Waals surface area contributed by atoms with E-state index < -0.39 is 24.6 Å². The summed E-state index contributed by atoms with van der Waals surface area (Å²) in [5, 5.41) is 22.5. The van der Waals surface area contributed by atoms with Crippen LogP contribution in [0.1, 0.15) is 39.5 Å². The number of urea groups is 1. The number of aliphatic hydroxyl groups excluding tert-OH is 1. The van der Waals surface area contributed by atoms with Crippen LogP contribution < -0.4 is 10.6 Å². The number of rotatable bonds is 4. The Morgan fingerprint density at radius 3 is 2.33 bits per heavy atom. The van der Waals surface area contributed by atoms with Crippen LogP contribution in [-0.2, 0) is 4.79 Å². The molecule has 0 aromatic rings. The van der Waals surface area contributed by atoms with Gasteiger partial charge in [-0.3, -0.25) is 0 Å². The first-order valence-corrected chi connectivity index (χ1v) is 6.25. The van der Waals surface area contributed by atoms with Crippen molar-refractivity contribution in [2.45, 2.75) is 51.6 Å². The molecule has 0 heterocycles. The number of carboxylic acids is 1. The predicted octanol–water partition coefficient (Wildman–Crippen LogP) is 0.700. The third-order valence-electron chi connectivity index (χ3n) is 3.46. The van der Waals surface area contributed by atoms with E-state index in [0.717, 1.165) is 25.7 Å². The summed E-state index contributed by atoms with van der Waals surface area (Å²) in [6, 6.07) is -1.68. The summed E-state index contributed by atoms with van der Waals surface area (Å²) in [6.07, 6.45) is 3.88. The number of aliphatic hydroxyl groups is 1. The van der Waals surface area contributed by atoms with Gasteiger partial charge in [0, 0.05) is 6.04 Å². The average Bonchev–Trinajstić information content (AvgIpc) is 2.28. The number of hydrogen-bond acceptors (Lipinski definition) is 3. The van der Waals surface area contributed by atoms with Gasteiger partial charge in [-0.05, 0) is 31.1 Å². The Hall–Kier alpha value is -1.30. The molecule has 1 aliphatic rings. The largest absolute Gasteiger partial charge is 0.480 e. The van der Waals surface area contributed by atoms with Crippen LogP contribution in [0.4, 0.5) is 4.79 Å². The molecule has 0 bridgehead atoms. The molecule has 6 heteroatoms. The van der Waals surface area contributed by atoms with Gasteiger partial charge in [-0.15, -0.1) is 0 Å². The molecule has 1 aliphatic carbocycles. The molecule has 18 heavy (non-hydrogen) atoms.